The van der Waals surface area contributed by atoms with Gasteiger partial charge < -0.3 is 15.0 Å². The summed E-state index contributed by atoms with van der Waals surface area (Å²) in [5.41, 5.74) is 1.45. The van der Waals surface area contributed by atoms with Crippen LogP contribution in [-0.4, -0.2) is 37.1 Å². The van der Waals surface area contributed by atoms with Crippen LogP contribution in [-0.2, 0) is 4.74 Å². The Morgan fingerprint density at radius 1 is 1.38 bits per heavy atom. The number of benzene rings is 1. The van der Waals surface area contributed by atoms with Crippen LogP contribution in [0.5, 0.6) is 0 Å². The minimum Gasteiger partial charge on any atom is -0.444 e. The first-order valence-electron chi connectivity index (χ1n) is 8.96. The van der Waals surface area contributed by atoms with E-state index in [9.17, 15) is 14.9 Å². The summed E-state index contributed by atoms with van der Waals surface area (Å²) in [7, 11) is 0. The minimum absolute atomic E-state index is 0.0177. The highest BCUT2D eigenvalue weighted by Gasteiger charge is 2.24. The Balaban J connectivity index is 2.04. The Morgan fingerprint density at radius 2 is 2.12 bits per heavy atom. The van der Waals surface area contributed by atoms with Crippen LogP contribution in [0.15, 0.2) is 18.2 Å². The Hall–Kier alpha value is -2.55. The van der Waals surface area contributed by atoms with Gasteiger partial charge in [0.25, 0.3) is 0 Å². The van der Waals surface area contributed by atoms with E-state index in [0.717, 1.165) is 31.6 Å². The first-order chi connectivity index (χ1) is 12.2. The summed E-state index contributed by atoms with van der Waals surface area (Å²) in [5, 5.41) is 12.2. The normalized spacial score (nSPS) is 17.3. The average Bonchev–Trinajstić information content (AvgIpc) is 2.58. The van der Waals surface area contributed by atoms with Crippen molar-refractivity contribution in [3.8, 4) is 6.07 Å². The third-order valence-electron chi connectivity index (χ3n) is 4.32. The standard InChI is InChI=1S/C20H27N3O3/c1-14(24)16-7-8-17(11-21)18(10-16)23-9-5-6-15(13-23)12-22-19(25)26-20(2,3)4/h7-8,10,15H,5-6,9,12-13H2,1-4H3,(H,22,25). The molecule has 0 radical (unpaired) electrons. The zero-order valence-electron chi connectivity index (χ0n) is 16.0. The number of carbonyl (C=O) groups excluding carboxylic acids is 2. The molecule has 1 fully saturated rings. The van der Waals surface area contributed by atoms with Gasteiger partial charge in [-0.1, -0.05) is 0 Å². The van der Waals surface area contributed by atoms with Crippen LogP contribution < -0.4 is 10.2 Å². The molecule has 1 saturated heterocycles. The molecule has 0 aliphatic carbocycles. The number of carbonyl (C=O) groups is 2. The SMILES string of the molecule is CC(=O)c1ccc(C#N)c(N2CCCC(CNC(=O)OC(C)(C)C)C2)c1. The molecule has 6 heteroatoms. The van der Waals surface area contributed by atoms with E-state index in [1.165, 1.54) is 6.92 Å². The number of ether oxygens (including phenoxy) is 1. The number of rotatable bonds is 4. The van der Waals surface area contributed by atoms with Crippen molar-refractivity contribution in [3.63, 3.8) is 0 Å². The number of ketones is 1. The molecule has 1 unspecified atom stereocenters. The van der Waals surface area contributed by atoms with Crippen molar-refractivity contribution in [1.29, 1.82) is 5.26 Å². The van der Waals surface area contributed by atoms with Gasteiger partial charge in [-0.05, 0) is 64.7 Å². The second-order valence-corrected chi connectivity index (χ2v) is 7.74. The van der Waals surface area contributed by atoms with Crippen molar-refractivity contribution in [3.05, 3.63) is 29.3 Å². The fraction of sp³-hybridized carbons (Fsp3) is 0.550. The van der Waals surface area contributed by atoms with Gasteiger partial charge in [0.05, 0.1) is 11.3 Å². The van der Waals surface area contributed by atoms with Crippen LogP contribution >= 0.6 is 0 Å². The molecule has 1 aliphatic heterocycles. The number of Topliss-reactive ketones (excluding diaryl/α,β-unsaturated/α-hetero) is 1. The molecule has 1 N–H and O–H groups in total. The maximum Gasteiger partial charge on any atom is 0.407 e. The van der Waals surface area contributed by atoms with Gasteiger partial charge in [-0.25, -0.2) is 4.79 Å². The third-order valence-corrected chi connectivity index (χ3v) is 4.32. The summed E-state index contributed by atoms with van der Waals surface area (Å²) >= 11 is 0. The highest BCUT2D eigenvalue weighted by molar-refractivity contribution is 5.95. The van der Waals surface area contributed by atoms with Gasteiger partial charge in [0.2, 0.25) is 0 Å². The number of piperidine rings is 1. The number of anilines is 1. The van der Waals surface area contributed by atoms with Gasteiger partial charge in [-0.2, -0.15) is 5.26 Å². The minimum atomic E-state index is -0.516. The van der Waals surface area contributed by atoms with E-state index in [2.05, 4.69) is 16.3 Å². The molecule has 26 heavy (non-hydrogen) atoms. The van der Waals surface area contributed by atoms with Crippen molar-refractivity contribution in [2.45, 2.75) is 46.1 Å². The average molecular weight is 357 g/mol. The van der Waals surface area contributed by atoms with E-state index < -0.39 is 11.7 Å². The smallest absolute Gasteiger partial charge is 0.407 e. The fourth-order valence-corrected chi connectivity index (χ4v) is 3.10. The number of nitriles is 1. The molecule has 0 aromatic heterocycles. The van der Waals surface area contributed by atoms with Crippen LogP contribution in [0.3, 0.4) is 0 Å². The molecule has 0 bridgehead atoms. The van der Waals surface area contributed by atoms with Gasteiger partial charge in [0, 0.05) is 25.2 Å². The maximum absolute atomic E-state index is 11.8. The van der Waals surface area contributed by atoms with E-state index in [0.29, 0.717) is 17.7 Å². The van der Waals surface area contributed by atoms with E-state index >= 15 is 0 Å². The predicted molar refractivity (Wildman–Crippen MR) is 100 cm³/mol. The second-order valence-electron chi connectivity index (χ2n) is 7.74. The van der Waals surface area contributed by atoms with E-state index in [-0.39, 0.29) is 11.7 Å². The largest absolute Gasteiger partial charge is 0.444 e. The molecule has 1 aliphatic rings. The summed E-state index contributed by atoms with van der Waals surface area (Å²) in [6, 6.07) is 7.40. The Kier molecular flexibility index (Phi) is 6.25. The van der Waals surface area contributed by atoms with Crippen molar-refractivity contribution < 1.29 is 14.3 Å². The maximum atomic E-state index is 11.8. The number of amides is 1. The van der Waals surface area contributed by atoms with Gasteiger partial charge in [0.1, 0.15) is 11.7 Å². The van der Waals surface area contributed by atoms with Crippen LogP contribution in [0.25, 0.3) is 0 Å². The van der Waals surface area contributed by atoms with E-state index in [1.54, 1.807) is 18.2 Å². The molecular formula is C20H27N3O3. The molecule has 1 amide bonds. The number of nitrogens with zero attached hydrogens (tertiary/aromatic N) is 2. The summed E-state index contributed by atoms with van der Waals surface area (Å²) < 4.78 is 5.27. The molecule has 1 aromatic rings. The lowest BCUT2D eigenvalue weighted by atomic mass is 9.96. The highest BCUT2D eigenvalue weighted by atomic mass is 16.6. The molecule has 1 heterocycles. The summed E-state index contributed by atoms with van der Waals surface area (Å²) in [6.07, 6.45) is 1.56. The third kappa shape index (κ3) is 5.48. The van der Waals surface area contributed by atoms with Gasteiger partial charge in [-0.15, -0.1) is 0 Å². The molecule has 2 rings (SSSR count). The lowest BCUT2D eigenvalue weighted by Crippen LogP contribution is -2.42. The topological polar surface area (TPSA) is 82.4 Å². The van der Waals surface area contributed by atoms with Gasteiger partial charge >= 0.3 is 6.09 Å². The van der Waals surface area contributed by atoms with E-state index in [4.69, 9.17) is 4.74 Å². The summed E-state index contributed by atoms with van der Waals surface area (Å²) in [6.45, 7) is 9.11. The summed E-state index contributed by atoms with van der Waals surface area (Å²) in [4.78, 5) is 25.7. The van der Waals surface area contributed by atoms with Crippen molar-refractivity contribution in [2.24, 2.45) is 5.92 Å². The molecule has 1 atom stereocenters. The molecule has 140 valence electrons. The zero-order valence-corrected chi connectivity index (χ0v) is 16.0. The lowest BCUT2D eigenvalue weighted by Gasteiger charge is -2.35. The Morgan fingerprint density at radius 3 is 2.73 bits per heavy atom. The van der Waals surface area contributed by atoms with E-state index in [1.807, 2.05) is 20.8 Å². The molecular weight excluding hydrogens is 330 g/mol. The van der Waals surface area contributed by atoms with Gasteiger partial charge in [0.15, 0.2) is 5.78 Å². The van der Waals surface area contributed by atoms with Crippen molar-refractivity contribution >= 4 is 17.6 Å². The number of hydrogen-bond donors (Lipinski definition) is 1. The van der Waals surface area contributed by atoms with Crippen LogP contribution in [0.2, 0.25) is 0 Å². The quantitative estimate of drug-likeness (QED) is 0.834. The van der Waals surface area contributed by atoms with Crippen LogP contribution in [0, 0.1) is 17.2 Å². The first kappa shape index (κ1) is 19.8. The lowest BCUT2D eigenvalue weighted by molar-refractivity contribution is 0.0517. The van der Waals surface area contributed by atoms with Crippen LogP contribution in [0.1, 0.15) is 56.5 Å². The highest BCUT2D eigenvalue weighted by Crippen LogP contribution is 2.27. The predicted octanol–water partition coefficient (Wildman–Crippen LogP) is 3.50. The van der Waals surface area contributed by atoms with Crippen LogP contribution in [0.4, 0.5) is 10.5 Å². The second kappa shape index (κ2) is 8.22. The van der Waals surface area contributed by atoms with Crippen molar-refractivity contribution in [2.75, 3.05) is 24.5 Å². The molecule has 0 spiro atoms. The molecule has 6 nitrogen and oxygen atoms in total. The fourth-order valence-electron chi connectivity index (χ4n) is 3.10. The molecule has 0 saturated carbocycles. The van der Waals surface area contributed by atoms with Crippen molar-refractivity contribution in [1.82, 2.24) is 5.32 Å². The first-order valence-corrected chi connectivity index (χ1v) is 8.96. The number of hydrogen-bond acceptors (Lipinski definition) is 5. The monoisotopic (exact) mass is 357 g/mol. The number of nitrogens with one attached hydrogen (secondary N) is 1. The number of alkyl carbamates (subject to hydrolysis) is 1. The molecule has 1 aromatic carbocycles. The Labute approximate surface area is 155 Å². The zero-order chi connectivity index (χ0) is 19.3. The summed E-state index contributed by atoms with van der Waals surface area (Å²) in [5.74, 6) is 0.250. The van der Waals surface area contributed by atoms with Gasteiger partial charge in [-0.3, -0.25) is 4.79 Å². The Bertz CT molecular complexity index is 716.